The van der Waals surface area contributed by atoms with E-state index in [4.69, 9.17) is 16.6 Å². The quantitative estimate of drug-likeness (QED) is 0.240. The molecule has 0 aromatic heterocycles. The van der Waals surface area contributed by atoms with E-state index in [9.17, 15) is 4.21 Å². The molecule has 0 aliphatic heterocycles. The van der Waals surface area contributed by atoms with Crippen LogP contribution in [0.15, 0.2) is 120 Å². The average Bonchev–Trinajstić information content (AvgIpc) is 2.90. The van der Waals surface area contributed by atoms with Crippen LogP contribution in [0.4, 0.5) is 0 Å². The molecular weight excluding hydrogens is 484 g/mol. The number of nitrogens with one attached hydrogen (secondary N) is 1. The van der Waals surface area contributed by atoms with Crippen LogP contribution in [0.1, 0.15) is 55.1 Å². The number of nitrogens with zero attached hydrogens (tertiary/aromatic N) is 1. The lowest BCUT2D eigenvalue weighted by Gasteiger charge is -2.30. The van der Waals surface area contributed by atoms with E-state index in [-0.39, 0.29) is 6.04 Å². The van der Waals surface area contributed by atoms with Crippen LogP contribution < -0.4 is 4.72 Å². The largest absolute Gasteiger partial charge is 0.274 e. The summed E-state index contributed by atoms with van der Waals surface area (Å²) < 4.78 is 16.4. The Morgan fingerprint density at radius 2 is 1.22 bits per heavy atom. The molecule has 5 heteroatoms. The van der Waals surface area contributed by atoms with Crippen LogP contribution in [-0.4, -0.2) is 14.7 Å². The normalized spacial score (nSPS) is 14.0. The van der Waals surface area contributed by atoms with Crippen molar-refractivity contribution in [2.24, 2.45) is 4.99 Å². The predicted octanol–water partition coefficient (Wildman–Crippen LogP) is 7.71. The standard InChI is InChI=1S/C31H31ClN2OS/c1-31(2,3)36(35)34-29(25-19-11-6-12-20-25)30(26-21-13-14-22-27(26)32)33-28(23-15-7-4-8-16-23)24-17-9-5-10-18-24/h4-22,29-30,34H,1-3H3/t29-,30+,36-/m1/s1. The van der Waals surface area contributed by atoms with Crippen LogP contribution in [0.25, 0.3) is 0 Å². The summed E-state index contributed by atoms with van der Waals surface area (Å²) in [4.78, 5) is 5.39. The molecule has 3 nitrogen and oxygen atoms in total. The zero-order valence-electron chi connectivity index (χ0n) is 20.8. The number of rotatable bonds is 8. The first kappa shape index (κ1) is 26.0. The molecule has 4 aromatic carbocycles. The number of benzene rings is 4. The molecule has 4 rings (SSSR count). The van der Waals surface area contributed by atoms with E-state index >= 15 is 0 Å². The summed E-state index contributed by atoms with van der Waals surface area (Å²) in [5.74, 6) is 0. The Balaban J connectivity index is 1.96. The van der Waals surface area contributed by atoms with Crippen molar-refractivity contribution in [3.8, 4) is 0 Å². The number of hydrogen-bond donors (Lipinski definition) is 1. The van der Waals surface area contributed by atoms with Crippen molar-refractivity contribution in [3.05, 3.63) is 143 Å². The fourth-order valence-electron chi connectivity index (χ4n) is 3.95. The zero-order chi connectivity index (χ0) is 25.5. The summed E-state index contributed by atoms with van der Waals surface area (Å²) in [6, 6.07) is 37.3. The first-order chi connectivity index (χ1) is 17.3. The molecule has 0 bridgehead atoms. The molecule has 0 unspecified atom stereocenters. The lowest BCUT2D eigenvalue weighted by atomic mass is 9.93. The summed E-state index contributed by atoms with van der Waals surface area (Å²) in [5, 5.41) is 0.621. The van der Waals surface area contributed by atoms with E-state index in [0.717, 1.165) is 28.0 Å². The van der Waals surface area contributed by atoms with Gasteiger partial charge in [0.15, 0.2) is 0 Å². The molecule has 0 fully saturated rings. The summed E-state index contributed by atoms with van der Waals surface area (Å²) in [6.07, 6.45) is 0. The Bertz CT molecular complexity index is 1280. The molecule has 0 saturated carbocycles. The fourth-order valence-corrected chi connectivity index (χ4v) is 5.05. The van der Waals surface area contributed by atoms with E-state index in [0.29, 0.717) is 5.02 Å². The fraction of sp³-hybridized carbons (Fsp3) is 0.194. The minimum Gasteiger partial charge on any atom is -0.274 e. The summed E-state index contributed by atoms with van der Waals surface area (Å²) in [6.45, 7) is 5.89. The van der Waals surface area contributed by atoms with Gasteiger partial charge in [-0.2, -0.15) is 0 Å². The third kappa shape index (κ3) is 6.38. The number of hydrogen-bond acceptors (Lipinski definition) is 2. The van der Waals surface area contributed by atoms with E-state index in [2.05, 4.69) is 29.0 Å². The average molecular weight is 515 g/mol. The molecule has 184 valence electrons. The van der Waals surface area contributed by atoms with Crippen LogP contribution >= 0.6 is 11.6 Å². The van der Waals surface area contributed by atoms with Crippen molar-refractivity contribution in [3.63, 3.8) is 0 Å². The maximum absolute atomic E-state index is 13.4. The first-order valence-electron chi connectivity index (χ1n) is 12.0. The highest BCUT2D eigenvalue weighted by Crippen LogP contribution is 2.38. The lowest BCUT2D eigenvalue weighted by Crippen LogP contribution is -2.38. The first-order valence-corrected chi connectivity index (χ1v) is 13.5. The van der Waals surface area contributed by atoms with Crippen LogP contribution in [0.2, 0.25) is 5.02 Å². The molecule has 0 saturated heterocycles. The molecular formula is C31H31ClN2OS. The predicted molar refractivity (Wildman–Crippen MR) is 153 cm³/mol. The molecule has 36 heavy (non-hydrogen) atoms. The van der Waals surface area contributed by atoms with E-state index in [1.807, 2.05) is 112 Å². The Hall–Kier alpha value is -3.05. The van der Waals surface area contributed by atoms with Crippen molar-refractivity contribution < 1.29 is 4.21 Å². The minimum absolute atomic E-state index is 0.381. The van der Waals surface area contributed by atoms with Crippen molar-refractivity contribution >= 4 is 28.3 Å². The summed E-state index contributed by atoms with van der Waals surface area (Å²) in [7, 11) is -1.34. The van der Waals surface area contributed by atoms with Crippen LogP contribution in [0, 0.1) is 0 Å². The van der Waals surface area contributed by atoms with E-state index < -0.39 is 21.8 Å². The molecule has 4 aromatic rings. The second-order valence-electron chi connectivity index (χ2n) is 9.56. The highest BCUT2D eigenvalue weighted by molar-refractivity contribution is 7.84. The highest BCUT2D eigenvalue weighted by atomic mass is 35.5. The Labute approximate surface area is 221 Å². The third-order valence-electron chi connectivity index (χ3n) is 5.85. The maximum Gasteiger partial charge on any atom is 0.0976 e. The minimum atomic E-state index is -1.34. The van der Waals surface area contributed by atoms with Gasteiger partial charge in [0.2, 0.25) is 0 Å². The Morgan fingerprint density at radius 3 is 1.72 bits per heavy atom. The highest BCUT2D eigenvalue weighted by Gasteiger charge is 2.31. The van der Waals surface area contributed by atoms with Gasteiger partial charge in [-0.25, -0.2) is 8.93 Å². The van der Waals surface area contributed by atoms with E-state index in [1.165, 1.54) is 0 Å². The van der Waals surface area contributed by atoms with Crippen LogP contribution in [0.3, 0.4) is 0 Å². The van der Waals surface area contributed by atoms with Crippen molar-refractivity contribution in [1.29, 1.82) is 0 Å². The van der Waals surface area contributed by atoms with Gasteiger partial charge < -0.3 is 0 Å². The summed E-state index contributed by atoms with van der Waals surface area (Å²) in [5.41, 5.74) is 4.72. The van der Waals surface area contributed by atoms with Crippen molar-refractivity contribution in [2.75, 3.05) is 0 Å². The van der Waals surface area contributed by atoms with Gasteiger partial charge in [0.1, 0.15) is 0 Å². The van der Waals surface area contributed by atoms with Gasteiger partial charge in [-0.1, -0.05) is 121 Å². The monoisotopic (exact) mass is 514 g/mol. The van der Waals surface area contributed by atoms with Gasteiger partial charge in [0, 0.05) is 16.1 Å². The van der Waals surface area contributed by atoms with E-state index in [1.54, 1.807) is 0 Å². The molecule has 0 radical (unpaired) electrons. The molecule has 0 aliphatic carbocycles. The van der Waals surface area contributed by atoms with Gasteiger partial charge >= 0.3 is 0 Å². The molecule has 3 atom stereocenters. The summed E-state index contributed by atoms with van der Waals surface area (Å²) >= 11 is 6.78. The van der Waals surface area contributed by atoms with Crippen molar-refractivity contribution in [2.45, 2.75) is 37.6 Å². The second kappa shape index (κ2) is 11.8. The number of aliphatic imine (C=N–C) groups is 1. The SMILES string of the molecule is CC(C)(C)[S@@](=O)N[C@H](c1ccccc1)[C@@H](N=C(c1ccccc1)c1ccccc1)c1ccccc1Cl. The second-order valence-corrected chi connectivity index (χ2v) is 12.0. The van der Waals surface area contributed by atoms with Crippen molar-refractivity contribution in [1.82, 2.24) is 4.72 Å². The van der Waals surface area contributed by atoms with Gasteiger partial charge in [-0.05, 0) is 38.0 Å². The number of halogens is 1. The molecule has 0 spiro atoms. The molecule has 1 N–H and O–H groups in total. The molecule has 0 heterocycles. The topological polar surface area (TPSA) is 41.5 Å². The Morgan fingerprint density at radius 1 is 0.750 bits per heavy atom. The smallest absolute Gasteiger partial charge is 0.0976 e. The van der Waals surface area contributed by atoms with Gasteiger partial charge in [0.25, 0.3) is 0 Å². The van der Waals surface area contributed by atoms with Gasteiger partial charge in [-0.3, -0.25) is 4.99 Å². The Kier molecular flexibility index (Phi) is 8.52. The zero-order valence-corrected chi connectivity index (χ0v) is 22.3. The van der Waals surface area contributed by atoms with Gasteiger partial charge in [-0.15, -0.1) is 0 Å². The lowest BCUT2D eigenvalue weighted by molar-refractivity contribution is 0.523. The van der Waals surface area contributed by atoms with Crippen LogP contribution in [-0.2, 0) is 11.0 Å². The van der Waals surface area contributed by atoms with Crippen LogP contribution in [0.5, 0.6) is 0 Å². The third-order valence-corrected chi connectivity index (χ3v) is 7.78. The molecule has 0 amide bonds. The molecule has 0 aliphatic rings. The maximum atomic E-state index is 13.4. The van der Waals surface area contributed by atoms with Gasteiger partial charge in [0.05, 0.1) is 33.5 Å².